The standard InChI is InChI=1S/C25H21F6N7O3/c1-3-5-17(35-37-32)23(40)34-8-4-9-41-19-7-6-16(18-11-20(25(29,30)31)36-38(18)2)22(39)21(19)14-10-15(13-33-12-14)24(26,27)28/h1,6-7,10-13,17,39H,4-5,8-9H2,2H3,(H,34,40). The summed E-state index contributed by atoms with van der Waals surface area (Å²) in [4.78, 5) is 18.2. The quantitative estimate of drug-likeness (QED) is 0.0816. The summed E-state index contributed by atoms with van der Waals surface area (Å²) in [7, 11) is 1.21. The fourth-order valence-electron chi connectivity index (χ4n) is 3.71. The van der Waals surface area contributed by atoms with E-state index < -0.39 is 41.3 Å². The molecule has 16 heteroatoms. The number of aryl methyl sites for hydroxylation is 1. The third-order valence-electron chi connectivity index (χ3n) is 5.62. The van der Waals surface area contributed by atoms with E-state index in [0.29, 0.717) is 18.3 Å². The number of nitrogens with zero attached hydrogens (tertiary/aromatic N) is 6. The van der Waals surface area contributed by atoms with Gasteiger partial charge in [0.05, 0.1) is 23.4 Å². The SMILES string of the molecule is C#CCC(N=[N+]=[N-])C(=O)NCCCOc1ccc(-c2cc(C(F)(F)F)nn2C)c(O)c1-c1cncc(C(F)(F)F)c1. The number of hydrogen-bond donors (Lipinski definition) is 2. The van der Waals surface area contributed by atoms with Crippen molar-refractivity contribution in [2.45, 2.75) is 31.2 Å². The smallest absolute Gasteiger partial charge is 0.435 e. The van der Waals surface area contributed by atoms with Gasteiger partial charge < -0.3 is 15.2 Å². The lowest BCUT2D eigenvalue weighted by molar-refractivity contribution is -0.141. The summed E-state index contributed by atoms with van der Waals surface area (Å²) in [5.41, 5.74) is 5.40. The monoisotopic (exact) mass is 581 g/mol. The Kier molecular flexibility index (Phi) is 9.35. The summed E-state index contributed by atoms with van der Waals surface area (Å²) in [6, 6.07) is 2.80. The molecule has 0 aliphatic rings. The van der Waals surface area contributed by atoms with Crippen LogP contribution in [0.4, 0.5) is 26.3 Å². The van der Waals surface area contributed by atoms with Gasteiger partial charge in [0.25, 0.3) is 0 Å². The number of terminal acetylenes is 1. The number of rotatable bonds is 10. The van der Waals surface area contributed by atoms with E-state index in [9.17, 15) is 36.2 Å². The van der Waals surface area contributed by atoms with Gasteiger partial charge >= 0.3 is 12.4 Å². The largest absolute Gasteiger partial charge is 0.506 e. The van der Waals surface area contributed by atoms with Gasteiger partial charge in [-0.25, -0.2) is 0 Å². The Balaban J connectivity index is 1.93. The predicted molar refractivity (Wildman–Crippen MR) is 133 cm³/mol. The number of aromatic nitrogens is 3. The fourth-order valence-corrected chi connectivity index (χ4v) is 3.71. The van der Waals surface area contributed by atoms with Crippen LogP contribution in [0.3, 0.4) is 0 Å². The van der Waals surface area contributed by atoms with Crippen molar-refractivity contribution in [1.82, 2.24) is 20.1 Å². The van der Waals surface area contributed by atoms with Crippen LogP contribution in [0.2, 0.25) is 0 Å². The zero-order valence-corrected chi connectivity index (χ0v) is 21.2. The first-order valence-electron chi connectivity index (χ1n) is 11.7. The molecular weight excluding hydrogens is 560 g/mol. The molecule has 0 fully saturated rings. The zero-order chi connectivity index (χ0) is 30.4. The van der Waals surface area contributed by atoms with Gasteiger partial charge in [-0.15, -0.1) is 12.3 Å². The average molecular weight is 581 g/mol. The van der Waals surface area contributed by atoms with E-state index in [1.807, 2.05) is 0 Å². The van der Waals surface area contributed by atoms with Crippen molar-refractivity contribution in [3.8, 4) is 46.2 Å². The summed E-state index contributed by atoms with van der Waals surface area (Å²) in [5, 5.41) is 20.3. The van der Waals surface area contributed by atoms with Crippen molar-refractivity contribution in [1.29, 1.82) is 0 Å². The zero-order valence-electron chi connectivity index (χ0n) is 21.2. The first-order valence-corrected chi connectivity index (χ1v) is 11.7. The summed E-state index contributed by atoms with van der Waals surface area (Å²) >= 11 is 0. The Labute approximate surface area is 228 Å². The van der Waals surface area contributed by atoms with E-state index in [-0.39, 0.29) is 54.1 Å². The molecular formula is C25H21F6N7O3. The first-order chi connectivity index (χ1) is 19.3. The van der Waals surface area contributed by atoms with Crippen LogP contribution in [0, 0.1) is 12.3 Å². The Morgan fingerprint density at radius 3 is 2.59 bits per heavy atom. The summed E-state index contributed by atoms with van der Waals surface area (Å²) in [5.74, 6) is 0.830. The number of ether oxygens (including phenoxy) is 1. The maximum absolute atomic E-state index is 13.4. The van der Waals surface area contributed by atoms with Crippen molar-refractivity contribution >= 4 is 5.91 Å². The molecule has 216 valence electrons. The molecule has 1 atom stereocenters. The van der Waals surface area contributed by atoms with Crippen LogP contribution < -0.4 is 10.1 Å². The molecule has 1 aromatic carbocycles. The molecule has 3 rings (SSSR count). The van der Waals surface area contributed by atoms with Crippen LogP contribution in [-0.2, 0) is 24.2 Å². The van der Waals surface area contributed by atoms with Crippen molar-refractivity contribution in [3.05, 3.63) is 58.4 Å². The molecule has 0 aliphatic heterocycles. The second-order valence-electron chi connectivity index (χ2n) is 8.45. The molecule has 0 spiro atoms. The maximum atomic E-state index is 13.4. The second-order valence-corrected chi connectivity index (χ2v) is 8.45. The number of hydrogen-bond acceptors (Lipinski definition) is 6. The lowest BCUT2D eigenvalue weighted by Gasteiger charge is -2.17. The number of phenols is 1. The molecule has 0 radical (unpaired) electrons. The van der Waals surface area contributed by atoms with E-state index >= 15 is 0 Å². The number of benzene rings is 1. The maximum Gasteiger partial charge on any atom is 0.435 e. The summed E-state index contributed by atoms with van der Waals surface area (Å²) < 4.78 is 86.3. The lowest BCUT2D eigenvalue weighted by atomic mass is 9.98. The fraction of sp³-hybridized carbons (Fsp3) is 0.320. The highest BCUT2D eigenvalue weighted by molar-refractivity contribution is 5.85. The van der Waals surface area contributed by atoms with E-state index in [1.54, 1.807) is 0 Å². The topological polar surface area (TPSA) is 138 Å². The van der Waals surface area contributed by atoms with Crippen LogP contribution in [0.1, 0.15) is 24.1 Å². The summed E-state index contributed by atoms with van der Waals surface area (Å²) in [6.07, 6.45) is -2.74. The molecule has 3 aromatic rings. The van der Waals surface area contributed by atoms with E-state index in [0.717, 1.165) is 10.9 Å². The van der Waals surface area contributed by atoms with Gasteiger partial charge in [0, 0.05) is 48.4 Å². The Hall–Kier alpha value is -4.90. The van der Waals surface area contributed by atoms with Crippen LogP contribution in [0.25, 0.3) is 32.8 Å². The molecule has 2 N–H and O–H groups in total. The molecule has 0 bridgehead atoms. The number of nitrogens with one attached hydrogen (secondary N) is 1. The van der Waals surface area contributed by atoms with Crippen molar-refractivity contribution in [3.63, 3.8) is 0 Å². The molecule has 10 nitrogen and oxygen atoms in total. The molecule has 0 saturated carbocycles. The average Bonchev–Trinajstić information content (AvgIpc) is 3.30. The number of amides is 1. The Bertz CT molecular complexity index is 1500. The number of azide groups is 1. The minimum absolute atomic E-state index is 0.0423. The highest BCUT2D eigenvalue weighted by Gasteiger charge is 2.35. The third kappa shape index (κ3) is 7.40. The van der Waals surface area contributed by atoms with Crippen LogP contribution in [0.15, 0.2) is 41.8 Å². The summed E-state index contributed by atoms with van der Waals surface area (Å²) in [6.45, 7) is -0.0652. The molecule has 0 aliphatic carbocycles. The Morgan fingerprint density at radius 2 is 1.98 bits per heavy atom. The highest BCUT2D eigenvalue weighted by atomic mass is 19.4. The van der Waals surface area contributed by atoms with Crippen molar-refractivity contribution in [2.24, 2.45) is 12.2 Å². The number of carbonyl (C=O) groups excluding carboxylic acids is 1. The van der Waals surface area contributed by atoms with Gasteiger partial charge in [0.1, 0.15) is 17.5 Å². The molecule has 2 aromatic heterocycles. The second kappa shape index (κ2) is 12.5. The number of alkyl halides is 6. The molecule has 41 heavy (non-hydrogen) atoms. The van der Waals surface area contributed by atoms with E-state index in [2.05, 4.69) is 31.3 Å². The number of halogens is 6. The van der Waals surface area contributed by atoms with E-state index in [1.165, 1.54) is 19.2 Å². The first kappa shape index (κ1) is 30.6. The van der Waals surface area contributed by atoms with Crippen LogP contribution >= 0.6 is 0 Å². The van der Waals surface area contributed by atoms with Gasteiger partial charge in [-0.2, -0.15) is 31.4 Å². The number of aromatic hydroxyl groups is 1. The minimum atomic E-state index is -4.78. The van der Waals surface area contributed by atoms with Gasteiger partial charge in [-0.3, -0.25) is 14.5 Å². The molecule has 0 saturated heterocycles. The lowest BCUT2D eigenvalue weighted by Crippen LogP contribution is -2.34. The number of phenolic OH excluding ortho intramolecular Hbond substituents is 1. The van der Waals surface area contributed by atoms with Crippen molar-refractivity contribution in [2.75, 3.05) is 13.2 Å². The van der Waals surface area contributed by atoms with Gasteiger partial charge in [-0.1, -0.05) is 5.11 Å². The van der Waals surface area contributed by atoms with Crippen LogP contribution in [0.5, 0.6) is 11.5 Å². The van der Waals surface area contributed by atoms with Crippen LogP contribution in [-0.4, -0.2) is 45.0 Å². The normalized spacial score (nSPS) is 12.2. The molecule has 2 heterocycles. The number of carbonyl (C=O) groups is 1. The third-order valence-corrected chi connectivity index (χ3v) is 5.62. The van der Waals surface area contributed by atoms with Gasteiger partial charge in [-0.05, 0) is 36.2 Å². The van der Waals surface area contributed by atoms with Crippen molar-refractivity contribution < 1.29 is 41.0 Å². The van der Waals surface area contributed by atoms with Gasteiger partial charge in [0.15, 0.2) is 5.69 Å². The molecule has 1 unspecified atom stereocenters. The molecule has 1 amide bonds. The van der Waals surface area contributed by atoms with Gasteiger partial charge in [0.2, 0.25) is 5.91 Å². The predicted octanol–water partition coefficient (Wildman–Crippen LogP) is 5.48. The number of pyridine rings is 1. The van der Waals surface area contributed by atoms with E-state index in [4.69, 9.17) is 16.7 Å². The minimum Gasteiger partial charge on any atom is -0.506 e. The highest BCUT2D eigenvalue weighted by Crippen LogP contribution is 2.45. The Morgan fingerprint density at radius 1 is 1.24 bits per heavy atom.